The van der Waals surface area contributed by atoms with Crippen LogP contribution in [-0.2, 0) is 24.6 Å². The Hall–Kier alpha value is -4.73. The second-order valence-electron chi connectivity index (χ2n) is 13.0. The van der Waals surface area contributed by atoms with Gasteiger partial charge in [0.25, 0.3) is 0 Å². The molecule has 1 N–H and O–H groups in total. The van der Waals surface area contributed by atoms with Gasteiger partial charge in [0.1, 0.15) is 11.5 Å². The number of rotatable bonds is 5. The number of carbonyl (C=O) groups excluding carboxylic acids is 4. The fourth-order valence-electron chi connectivity index (χ4n) is 8.90. The number of nitrogens with zero attached hydrogens (tertiary/aromatic N) is 2. The van der Waals surface area contributed by atoms with E-state index in [1.165, 1.54) is 23.0 Å². The molecule has 4 aromatic rings. The van der Waals surface area contributed by atoms with Crippen LogP contribution in [0.5, 0.6) is 11.5 Å². The molecule has 0 radical (unpaired) electrons. The van der Waals surface area contributed by atoms with Gasteiger partial charge in [-0.25, -0.2) is 4.90 Å². The van der Waals surface area contributed by atoms with Crippen molar-refractivity contribution >= 4 is 62.5 Å². The molecule has 8 nitrogen and oxygen atoms in total. The lowest BCUT2D eigenvalue weighted by Gasteiger charge is -2.51. The van der Waals surface area contributed by atoms with Crippen molar-refractivity contribution in [3.8, 4) is 11.5 Å². The fourth-order valence-corrected chi connectivity index (χ4v) is 9.35. The predicted molar refractivity (Wildman–Crippen MR) is 187 cm³/mol. The summed E-state index contributed by atoms with van der Waals surface area (Å²) in [7, 11) is 1.49. The lowest BCUT2D eigenvalue weighted by atomic mass is 9.49. The standard InChI is InChI=1S/C39H30BrClN2O6/c1-49-31-12-6-11-30(44)33(31)34-26-17-18-27-32(37(47)42(35(27)45)24-15-13-22(40)14-16-24)28(26)20-29-36(46)43(25-10-5-9-23(41)19-25)38(48)39(29,34)21-7-3-2-4-8-21/h2-17,19,27-29,32,34,44H,18,20H2,1H3. The maximum atomic E-state index is 15.3. The van der Waals surface area contributed by atoms with E-state index in [2.05, 4.69) is 15.9 Å². The summed E-state index contributed by atoms with van der Waals surface area (Å²) in [5.41, 5.74) is 0.960. The number of anilines is 2. The minimum atomic E-state index is -1.53. The third-order valence-electron chi connectivity index (χ3n) is 10.8. The molecule has 4 amide bonds. The molecule has 0 bridgehead atoms. The van der Waals surface area contributed by atoms with Crippen LogP contribution in [0.2, 0.25) is 5.02 Å². The van der Waals surface area contributed by atoms with Crippen molar-refractivity contribution in [3.63, 3.8) is 0 Å². The van der Waals surface area contributed by atoms with Gasteiger partial charge in [-0.1, -0.05) is 81.6 Å². The molecule has 6 atom stereocenters. The SMILES string of the molecule is COc1cccc(O)c1C1C2=CCC3C(=O)N(c4ccc(Br)cc4)C(=O)C3C2CC2C(=O)N(c3cccc(Cl)c3)C(=O)C21c1ccccc1. The zero-order chi connectivity index (χ0) is 34.2. The number of amides is 4. The number of carbonyl (C=O) groups is 4. The maximum Gasteiger partial charge on any atom is 0.246 e. The van der Waals surface area contributed by atoms with Crippen molar-refractivity contribution in [1.29, 1.82) is 0 Å². The van der Waals surface area contributed by atoms with Gasteiger partial charge in [-0.3, -0.25) is 24.1 Å². The van der Waals surface area contributed by atoms with Crippen LogP contribution in [0.3, 0.4) is 0 Å². The molecule has 6 unspecified atom stereocenters. The van der Waals surface area contributed by atoms with Gasteiger partial charge >= 0.3 is 0 Å². The summed E-state index contributed by atoms with van der Waals surface area (Å²) in [6.45, 7) is 0. The summed E-state index contributed by atoms with van der Waals surface area (Å²) < 4.78 is 6.65. The fraction of sp³-hybridized carbons (Fsp3) is 0.231. The third-order valence-corrected chi connectivity index (χ3v) is 11.6. The van der Waals surface area contributed by atoms with Crippen molar-refractivity contribution in [2.24, 2.45) is 23.7 Å². The highest BCUT2D eigenvalue weighted by molar-refractivity contribution is 9.10. The van der Waals surface area contributed by atoms with E-state index in [1.807, 2.05) is 36.4 Å². The van der Waals surface area contributed by atoms with Gasteiger partial charge in [-0.2, -0.15) is 0 Å². The van der Waals surface area contributed by atoms with Gasteiger partial charge in [0.15, 0.2) is 0 Å². The molecule has 8 rings (SSSR count). The van der Waals surface area contributed by atoms with E-state index < -0.39 is 46.8 Å². The van der Waals surface area contributed by atoms with Crippen LogP contribution in [0.4, 0.5) is 11.4 Å². The third kappa shape index (κ3) is 4.48. The predicted octanol–water partition coefficient (Wildman–Crippen LogP) is 7.18. The van der Waals surface area contributed by atoms with Crippen LogP contribution >= 0.6 is 27.5 Å². The number of imide groups is 2. The zero-order valence-corrected chi connectivity index (χ0v) is 28.6. The minimum Gasteiger partial charge on any atom is -0.508 e. The molecule has 4 aliphatic rings. The number of halogens is 2. The Kier molecular flexibility index (Phi) is 7.53. The van der Waals surface area contributed by atoms with E-state index in [1.54, 1.807) is 60.7 Å². The zero-order valence-electron chi connectivity index (χ0n) is 26.3. The number of methoxy groups -OCH3 is 1. The first-order chi connectivity index (χ1) is 23.7. The number of hydrogen-bond acceptors (Lipinski definition) is 6. The quantitative estimate of drug-likeness (QED) is 0.172. The summed E-state index contributed by atoms with van der Waals surface area (Å²) in [6.07, 6.45) is 2.36. The highest BCUT2D eigenvalue weighted by atomic mass is 79.9. The van der Waals surface area contributed by atoms with Gasteiger partial charge in [0, 0.05) is 21.0 Å². The first-order valence-corrected chi connectivity index (χ1v) is 17.2. The van der Waals surface area contributed by atoms with Gasteiger partial charge in [-0.15, -0.1) is 0 Å². The van der Waals surface area contributed by atoms with E-state index >= 15 is 4.79 Å². The van der Waals surface area contributed by atoms with Crippen molar-refractivity contribution in [2.45, 2.75) is 24.2 Å². The smallest absolute Gasteiger partial charge is 0.246 e. The van der Waals surface area contributed by atoms with Gasteiger partial charge < -0.3 is 9.84 Å². The van der Waals surface area contributed by atoms with E-state index in [0.717, 1.165) is 10.0 Å². The van der Waals surface area contributed by atoms with E-state index in [0.29, 0.717) is 33.3 Å². The Morgan fingerprint density at radius 1 is 0.816 bits per heavy atom. The molecule has 2 aliphatic heterocycles. The van der Waals surface area contributed by atoms with Crippen molar-refractivity contribution in [2.75, 3.05) is 16.9 Å². The second kappa shape index (κ2) is 11.7. The van der Waals surface area contributed by atoms with Crippen LogP contribution in [0.25, 0.3) is 0 Å². The van der Waals surface area contributed by atoms with Crippen molar-refractivity contribution in [3.05, 3.63) is 129 Å². The molecule has 2 heterocycles. The van der Waals surface area contributed by atoms with Crippen LogP contribution in [-0.4, -0.2) is 35.8 Å². The average molecular weight is 738 g/mol. The molecule has 49 heavy (non-hydrogen) atoms. The van der Waals surface area contributed by atoms with E-state index in [9.17, 15) is 19.5 Å². The molecule has 3 fully saturated rings. The Morgan fingerprint density at radius 2 is 1.55 bits per heavy atom. The monoisotopic (exact) mass is 736 g/mol. The summed E-state index contributed by atoms with van der Waals surface area (Å²) in [6, 6.07) is 27.7. The summed E-state index contributed by atoms with van der Waals surface area (Å²) in [5, 5.41) is 12.0. The van der Waals surface area contributed by atoms with Crippen LogP contribution in [0.1, 0.15) is 29.9 Å². The van der Waals surface area contributed by atoms with Crippen LogP contribution < -0.4 is 14.5 Å². The Bertz CT molecular complexity index is 2080. The van der Waals surface area contributed by atoms with Gasteiger partial charge in [0.05, 0.1) is 41.7 Å². The molecule has 2 aliphatic carbocycles. The van der Waals surface area contributed by atoms with Crippen LogP contribution in [0.15, 0.2) is 113 Å². The summed E-state index contributed by atoms with van der Waals surface area (Å²) >= 11 is 9.81. The number of hydrogen-bond donors (Lipinski definition) is 1. The molecule has 246 valence electrons. The molecular weight excluding hydrogens is 708 g/mol. The number of ether oxygens (including phenoxy) is 1. The van der Waals surface area contributed by atoms with E-state index in [-0.39, 0.29) is 30.4 Å². The highest BCUT2D eigenvalue weighted by Gasteiger charge is 2.71. The Morgan fingerprint density at radius 3 is 2.27 bits per heavy atom. The lowest BCUT2D eigenvalue weighted by molar-refractivity contribution is -0.127. The van der Waals surface area contributed by atoms with Crippen molar-refractivity contribution in [1.82, 2.24) is 0 Å². The molecule has 10 heteroatoms. The first kappa shape index (κ1) is 31.5. The number of phenols is 1. The molecule has 1 saturated carbocycles. The Balaban J connectivity index is 1.38. The second-order valence-corrected chi connectivity index (χ2v) is 14.3. The molecule has 0 spiro atoms. The van der Waals surface area contributed by atoms with Crippen molar-refractivity contribution < 1.29 is 29.0 Å². The number of aromatic hydroxyl groups is 1. The summed E-state index contributed by atoms with van der Waals surface area (Å²) in [4.78, 5) is 61.1. The number of phenolic OH excluding ortho intramolecular Hbond substituents is 1. The van der Waals surface area contributed by atoms with Crippen LogP contribution in [0, 0.1) is 23.7 Å². The number of fused-ring (bicyclic) bond motifs is 4. The lowest BCUT2D eigenvalue weighted by Crippen LogP contribution is -2.53. The number of benzene rings is 4. The van der Waals surface area contributed by atoms with Gasteiger partial charge in [-0.05, 0) is 78.9 Å². The molecular formula is C39H30BrClN2O6. The molecule has 4 aromatic carbocycles. The Labute approximate surface area is 296 Å². The van der Waals surface area contributed by atoms with Gasteiger partial charge in [0.2, 0.25) is 23.6 Å². The first-order valence-electron chi connectivity index (χ1n) is 16.1. The highest BCUT2D eigenvalue weighted by Crippen LogP contribution is 2.66. The topological polar surface area (TPSA) is 104 Å². The average Bonchev–Trinajstić information content (AvgIpc) is 3.50. The largest absolute Gasteiger partial charge is 0.508 e. The molecule has 2 saturated heterocycles. The van der Waals surface area contributed by atoms with E-state index in [4.69, 9.17) is 16.3 Å². The summed E-state index contributed by atoms with van der Waals surface area (Å²) in [5.74, 6) is -5.15. The number of allylic oxidation sites excluding steroid dienone is 2. The normalized spacial score (nSPS) is 27.5. The minimum absolute atomic E-state index is 0.103. The maximum absolute atomic E-state index is 15.3. The molecule has 0 aromatic heterocycles.